The first kappa shape index (κ1) is 13.5. The molecule has 0 fully saturated rings. The fourth-order valence-corrected chi connectivity index (χ4v) is 1.94. The third-order valence-electron chi connectivity index (χ3n) is 2.53. The molecular weight excluding hydrogens is 313 g/mol. The number of ketones is 2. The molecular formula is C14H9BrFNO2. The van der Waals surface area contributed by atoms with Gasteiger partial charge < -0.3 is 0 Å². The van der Waals surface area contributed by atoms with Gasteiger partial charge >= 0.3 is 0 Å². The largest absolute Gasteiger partial charge is 0.294 e. The Balaban J connectivity index is 2.18. The average molecular weight is 322 g/mol. The lowest BCUT2D eigenvalue weighted by Crippen LogP contribution is -2.10. The molecule has 1 aromatic heterocycles. The first-order valence-electron chi connectivity index (χ1n) is 5.49. The summed E-state index contributed by atoms with van der Waals surface area (Å²) in [6, 6.07) is 7.23. The second-order valence-corrected chi connectivity index (χ2v) is 4.80. The minimum atomic E-state index is -0.632. The fourth-order valence-electron chi connectivity index (χ4n) is 1.58. The van der Waals surface area contributed by atoms with E-state index in [2.05, 4.69) is 20.9 Å². The Morgan fingerprint density at radius 1 is 1.21 bits per heavy atom. The van der Waals surface area contributed by atoms with Crippen molar-refractivity contribution in [2.45, 2.75) is 6.42 Å². The molecule has 1 aromatic carbocycles. The number of carbonyl (C=O) groups excluding carboxylic acids is 2. The van der Waals surface area contributed by atoms with Crippen LogP contribution in [0.5, 0.6) is 0 Å². The number of benzene rings is 1. The van der Waals surface area contributed by atoms with Crippen LogP contribution >= 0.6 is 15.9 Å². The standard InChI is InChI=1S/C14H9BrFNO2/c15-10-3-4-12(16)11(6-10)14(19)7-13(18)9-2-1-5-17-8-9/h1-6,8H,7H2. The molecule has 0 saturated carbocycles. The van der Waals surface area contributed by atoms with Crippen LogP contribution in [0.1, 0.15) is 27.1 Å². The summed E-state index contributed by atoms with van der Waals surface area (Å²) in [5, 5.41) is 0. The normalized spacial score (nSPS) is 10.2. The van der Waals surface area contributed by atoms with Crippen molar-refractivity contribution in [3.8, 4) is 0 Å². The predicted octanol–water partition coefficient (Wildman–Crippen LogP) is 3.44. The topological polar surface area (TPSA) is 47.0 Å². The van der Waals surface area contributed by atoms with E-state index >= 15 is 0 Å². The van der Waals surface area contributed by atoms with Crippen LogP contribution in [0.4, 0.5) is 4.39 Å². The van der Waals surface area contributed by atoms with Gasteiger partial charge in [0.2, 0.25) is 0 Å². The summed E-state index contributed by atoms with van der Waals surface area (Å²) in [5.74, 6) is -1.56. The Hall–Kier alpha value is -1.88. The molecule has 96 valence electrons. The Morgan fingerprint density at radius 2 is 2.00 bits per heavy atom. The summed E-state index contributed by atoms with van der Waals surface area (Å²) in [6.07, 6.45) is 2.54. The van der Waals surface area contributed by atoms with Gasteiger partial charge in [0.25, 0.3) is 0 Å². The molecule has 0 N–H and O–H groups in total. The Morgan fingerprint density at radius 3 is 2.68 bits per heavy atom. The van der Waals surface area contributed by atoms with Gasteiger partial charge in [0, 0.05) is 22.4 Å². The van der Waals surface area contributed by atoms with Crippen molar-refractivity contribution in [2.24, 2.45) is 0 Å². The van der Waals surface area contributed by atoms with Crippen molar-refractivity contribution in [3.63, 3.8) is 0 Å². The van der Waals surface area contributed by atoms with Gasteiger partial charge in [0.15, 0.2) is 11.6 Å². The molecule has 0 aliphatic carbocycles. The quantitative estimate of drug-likeness (QED) is 0.640. The number of halogens is 2. The third-order valence-corrected chi connectivity index (χ3v) is 3.03. The number of carbonyl (C=O) groups is 2. The lowest BCUT2D eigenvalue weighted by atomic mass is 10.0. The van der Waals surface area contributed by atoms with Crippen molar-refractivity contribution in [3.05, 3.63) is 64.1 Å². The number of Topliss-reactive ketones (excluding diaryl/α,β-unsaturated/α-hetero) is 2. The molecule has 0 radical (unpaired) electrons. The zero-order valence-corrected chi connectivity index (χ0v) is 11.4. The SMILES string of the molecule is O=C(CC(=O)c1cc(Br)ccc1F)c1cccnc1. The number of hydrogen-bond acceptors (Lipinski definition) is 3. The van der Waals surface area contributed by atoms with Gasteiger partial charge in [-0.25, -0.2) is 4.39 Å². The molecule has 3 nitrogen and oxygen atoms in total. The molecule has 0 spiro atoms. The van der Waals surface area contributed by atoms with E-state index in [9.17, 15) is 14.0 Å². The molecule has 5 heteroatoms. The third kappa shape index (κ3) is 3.32. The Labute approximate surface area is 117 Å². The van der Waals surface area contributed by atoms with Gasteiger partial charge in [-0.05, 0) is 30.3 Å². The highest BCUT2D eigenvalue weighted by molar-refractivity contribution is 9.10. The second kappa shape index (κ2) is 5.84. The predicted molar refractivity (Wildman–Crippen MR) is 71.6 cm³/mol. The summed E-state index contributed by atoms with van der Waals surface area (Å²) >= 11 is 3.16. The zero-order chi connectivity index (χ0) is 13.8. The molecule has 0 aliphatic heterocycles. The van der Waals surface area contributed by atoms with E-state index in [0.717, 1.165) is 0 Å². The van der Waals surface area contributed by atoms with E-state index in [1.165, 1.54) is 30.6 Å². The van der Waals surface area contributed by atoms with Crippen molar-refractivity contribution in [1.82, 2.24) is 4.98 Å². The average Bonchev–Trinajstić information content (AvgIpc) is 2.42. The minimum absolute atomic E-state index is 0.0911. The van der Waals surface area contributed by atoms with E-state index < -0.39 is 11.6 Å². The van der Waals surface area contributed by atoms with Crippen molar-refractivity contribution in [1.29, 1.82) is 0 Å². The van der Waals surface area contributed by atoms with Crippen LogP contribution in [0.2, 0.25) is 0 Å². The molecule has 0 saturated heterocycles. The minimum Gasteiger partial charge on any atom is -0.294 e. The maximum atomic E-state index is 13.5. The number of rotatable bonds is 4. The molecule has 2 aromatic rings. The van der Waals surface area contributed by atoms with Crippen LogP contribution in [0.25, 0.3) is 0 Å². The molecule has 0 aliphatic rings. The summed E-state index contributed by atoms with van der Waals surface area (Å²) in [5.41, 5.74) is 0.248. The highest BCUT2D eigenvalue weighted by Gasteiger charge is 2.17. The van der Waals surface area contributed by atoms with E-state index in [1.807, 2.05) is 0 Å². The zero-order valence-electron chi connectivity index (χ0n) is 9.77. The smallest absolute Gasteiger partial charge is 0.173 e. The van der Waals surface area contributed by atoms with Crippen molar-refractivity contribution in [2.75, 3.05) is 0 Å². The number of pyridine rings is 1. The number of nitrogens with zero attached hydrogens (tertiary/aromatic N) is 1. The van der Waals surface area contributed by atoms with Gasteiger partial charge in [0.05, 0.1) is 12.0 Å². The first-order valence-corrected chi connectivity index (χ1v) is 6.28. The van der Waals surface area contributed by atoms with E-state index in [-0.39, 0.29) is 17.8 Å². The number of aromatic nitrogens is 1. The lowest BCUT2D eigenvalue weighted by molar-refractivity contribution is 0.0892. The summed E-state index contributed by atoms with van der Waals surface area (Å²) in [6.45, 7) is 0. The Bertz CT molecular complexity index is 629. The van der Waals surface area contributed by atoms with Crippen LogP contribution in [0.15, 0.2) is 47.2 Å². The van der Waals surface area contributed by atoms with Crippen LogP contribution in [-0.4, -0.2) is 16.6 Å². The van der Waals surface area contributed by atoms with Crippen LogP contribution < -0.4 is 0 Å². The summed E-state index contributed by atoms with van der Waals surface area (Å²) in [4.78, 5) is 27.5. The van der Waals surface area contributed by atoms with E-state index in [4.69, 9.17) is 0 Å². The Kier molecular flexibility index (Phi) is 4.16. The van der Waals surface area contributed by atoms with Crippen LogP contribution in [0, 0.1) is 5.82 Å². The number of hydrogen-bond donors (Lipinski definition) is 0. The van der Waals surface area contributed by atoms with Crippen LogP contribution in [-0.2, 0) is 0 Å². The van der Waals surface area contributed by atoms with E-state index in [1.54, 1.807) is 12.1 Å². The first-order chi connectivity index (χ1) is 9.08. The van der Waals surface area contributed by atoms with Crippen molar-refractivity contribution < 1.29 is 14.0 Å². The molecule has 0 amide bonds. The fraction of sp³-hybridized carbons (Fsp3) is 0.0714. The lowest BCUT2D eigenvalue weighted by Gasteiger charge is -2.03. The molecule has 0 atom stereocenters. The molecule has 1 heterocycles. The highest BCUT2D eigenvalue weighted by atomic mass is 79.9. The summed E-state index contributed by atoms with van der Waals surface area (Å²) < 4.78 is 14.1. The van der Waals surface area contributed by atoms with Gasteiger partial charge in [-0.15, -0.1) is 0 Å². The second-order valence-electron chi connectivity index (χ2n) is 3.89. The van der Waals surface area contributed by atoms with Gasteiger partial charge in [-0.1, -0.05) is 15.9 Å². The van der Waals surface area contributed by atoms with Crippen LogP contribution in [0.3, 0.4) is 0 Å². The highest BCUT2D eigenvalue weighted by Crippen LogP contribution is 2.17. The maximum absolute atomic E-state index is 13.5. The molecule has 0 bridgehead atoms. The summed E-state index contributed by atoms with van der Waals surface area (Å²) in [7, 11) is 0. The maximum Gasteiger partial charge on any atom is 0.173 e. The monoisotopic (exact) mass is 321 g/mol. The molecule has 2 rings (SSSR count). The van der Waals surface area contributed by atoms with Gasteiger partial charge in [-0.3, -0.25) is 14.6 Å². The van der Waals surface area contributed by atoms with E-state index in [0.29, 0.717) is 10.0 Å². The molecule has 0 unspecified atom stereocenters. The molecule has 19 heavy (non-hydrogen) atoms. The van der Waals surface area contributed by atoms with Gasteiger partial charge in [-0.2, -0.15) is 0 Å². The van der Waals surface area contributed by atoms with Crippen molar-refractivity contribution >= 4 is 27.5 Å². The van der Waals surface area contributed by atoms with Gasteiger partial charge in [0.1, 0.15) is 5.82 Å².